The number of alkyl halides is 1. The number of fused-ring (bicyclic) bond motifs is 1. The maximum Gasteiger partial charge on any atom is 0.320 e. The van der Waals surface area contributed by atoms with Crippen molar-refractivity contribution in [3.05, 3.63) is 12.7 Å². The summed E-state index contributed by atoms with van der Waals surface area (Å²) in [5, 5.41) is 30.0. The highest BCUT2D eigenvalue weighted by atomic mass is 127. The van der Waals surface area contributed by atoms with Crippen LogP contribution in [0.5, 0.6) is 0 Å². The lowest BCUT2D eigenvalue weighted by atomic mass is 10.1. The predicted octanol–water partition coefficient (Wildman–Crippen LogP) is -1.01. The van der Waals surface area contributed by atoms with Crippen LogP contribution < -0.4 is 11.5 Å². The highest BCUT2D eigenvalue weighted by Gasteiger charge is 2.44. The van der Waals surface area contributed by atoms with Crippen LogP contribution in [0.2, 0.25) is 0 Å². The Hall–Kier alpha value is -1.36. The summed E-state index contributed by atoms with van der Waals surface area (Å²) in [6.07, 6.45) is -0.916. The number of aliphatic hydroxyl groups is 2. The van der Waals surface area contributed by atoms with Crippen LogP contribution in [-0.4, -0.2) is 94.1 Å². The molecule has 0 bridgehead atoms. The maximum absolute atomic E-state index is 10.9. The molecule has 0 spiro atoms. The second kappa shape index (κ2) is 10.8. The van der Waals surface area contributed by atoms with Crippen LogP contribution in [0.1, 0.15) is 12.6 Å². The van der Waals surface area contributed by atoms with Crippen LogP contribution >= 0.6 is 35.0 Å². The lowest BCUT2D eigenvalue weighted by molar-refractivity contribution is -0.138. The van der Waals surface area contributed by atoms with Crippen LogP contribution in [0, 0.1) is 0 Å². The summed E-state index contributed by atoms with van der Waals surface area (Å²) in [5.41, 5.74) is 12.2. The summed E-state index contributed by atoms with van der Waals surface area (Å²) < 4.78 is 8.26. The molecular formula is C16H25ClIN7O5. The standard InChI is InChI=1S/C16H24IN7O5.ClH/c17-2-4-23(3-1-8(18)16(27)28)5-9-11(25)12(26)15(29-9)24-7-22-10-13(19)20-6-21-14(10)24;/h6-9,11-12,15,25-26H,1-5,18H2,(H,27,28)(H2,19,20,21);1H/t8-,9+,11+,12+,15?;/m0./s1. The summed E-state index contributed by atoms with van der Waals surface area (Å²) >= 11 is 2.21. The minimum Gasteiger partial charge on any atom is -0.480 e. The first kappa shape index (κ1) is 24.9. The first-order chi connectivity index (χ1) is 13.8. The molecule has 1 aliphatic heterocycles. The van der Waals surface area contributed by atoms with E-state index >= 15 is 0 Å². The van der Waals surface area contributed by atoms with Gasteiger partial charge in [0, 0.05) is 24.1 Å². The molecule has 12 nitrogen and oxygen atoms in total. The number of carboxylic acids is 1. The van der Waals surface area contributed by atoms with E-state index in [1.165, 1.54) is 17.2 Å². The molecule has 3 rings (SSSR count). The zero-order valence-corrected chi connectivity index (χ0v) is 18.9. The first-order valence-electron chi connectivity index (χ1n) is 9.04. The van der Waals surface area contributed by atoms with Gasteiger partial charge in [0.2, 0.25) is 0 Å². The molecule has 7 N–H and O–H groups in total. The topological polar surface area (TPSA) is 186 Å². The smallest absolute Gasteiger partial charge is 0.320 e. The van der Waals surface area contributed by atoms with E-state index in [4.69, 9.17) is 21.3 Å². The van der Waals surface area contributed by atoms with Crippen molar-refractivity contribution >= 4 is 57.9 Å². The molecule has 30 heavy (non-hydrogen) atoms. The quantitative estimate of drug-likeness (QED) is 0.188. The molecule has 0 radical (unpaired) electrons. The number of nitrogen functional groups attached to an aromatic ring is 1. The minimum absolute atomic E-state index is 0. The molecule has 14 heteroatoms. The molecule has 2 aromatic heterocycles. The van der Waals surface area contributed by atoms with E-state index in [0.717, 1.165) is 4.43 Å². The van der Waals surface area contributed by atoms with E-state index in [2.05, 4.69) is 37.5 Å². The van der Waals surface area contributed by atoms with Crippen molar-refractivity contribution in [2.24, 2.45) is 5.73 Å². The first-order valence-corrected chi connectivity index (χ1v) is 10.6. The number of anilines is 1. The number of hydrogen-bond acceptors (Lipinski definition) is 10. The number of aromatic nitrogens is 4. The van der Waals surface area contributed by atoms with Crippen LogP contribution in [0.25, 0.3) is 11.2 Å². The number of carbonyl (C=O) groups is 1. The van der Waals surface area contributed by atoms with Crippen molar-refractivity contribution in [2.75, 3.05) is 29.8 Å². The Bertz CT molecular complexity index is 858. The molecular weight excluding hydrogens is 533 g/mol. The van der Waals surface area contributed by atoms with Gasteiger partial charge in [0.1, 0.15) is 36.2 Å². The maximum atomic E-state index is 10.9. The fourth-order valence-corrected chi connectivity index (χ4v) is 3.96. The van der Waals surface area contributed by atoms with Crippen molar-refractivity contribution in [1.82, 2.24) is 24.4 Å². The van der Waals surface area contributed by atoms with Crippen molar-refractivity contribution in [3.8, 4) is 0 Å². The fourth-order valence-electron chi connectivity index (χ4n) is 3.28. The fraction of sp³-hybridized carbons (Fsp3) is 0.625. The number of carboxylic acid groups (broad SMARTS) is 1. The summed E-state index contributed by atoms with van der Waals surface area (Å²) in [4.78, 5) is 25.1. The molecule has 3 heterocycles. The largest absolute Gasteiger partial charge is 0.480 e. The SMILES string of the molecule is Cl.Nc1ncnc2c1ncn2C1O[C@H](CN(CCI)CC[C@H](N)C(=O)O)[C@@H](O)[C@H]1O. The zero-order valence-electron chi connectivity index (χ0n) is 15.9. The van der Waals surface area contributed by atoms with Gasteiger partial charge in [-0.15, -0.1) is 12.4 Å². The van der Waals surface area contributed by atoms with Crippen LogP contribution in [0.3, 0.4) is 0 Å². The number of hydrogen-bond donors (Lipinski definition) is 5. The average Bonchev–Trinajstić information content (AvgIpc) is 3.23. The van der Waals surface area contributed by atoms with Gasteiger partial charge in [0.25, 0.3) is 0 Å². The molecule has 1 fully saturated rings. The van der Waals surface area contributed by atoms with E-state index in [9.17, 15) is 15.0 Å². The number of aliphatic carboxylic acids is 1. The van der Waals surface area contributed by atoms with Gasteiger partial charge in [-0.25, -0.2) is 15.0 Å². The third kappa shape index (κ3) is 5.27. The van der Waals surface area contributed by atoms with Gasteiger partial charge < -0.3 is 31.5 Å². The Labute approximate surface area is 192 Å². The lowest BCUT2D eigenvalue weighted by Crippen LogP contribution is -2.43. The summed E-state index contributed by atoms with van der Waals surface area (Å²) in [6.45, 7) is 1.41. The monoisotopic (exact) mass is 557 g/mol. The third-order valence-corrected chi connectivity index (χ3v) is 5.39. The summed E-state index contributed by atoms with van der Waals surface area (Å²) in [6, 6.07) is -0.957. The number of aliphatic hydroxyl groups excluding tert-OH is 2. The minimum atomic E-state index is -1.20. The van der Waals surface area contributed by atoms with E-state index in [1.807, 2.05) is 4.90 Å². The molecule has 0 amide bonds. The number of imidazole rings is 1. The number of nitrogens with two attached hydrogens (primary N) is 2. The normalized spacial score (nSPS) is 24.8. The van der Waals surface area contributed by atoms with Crippen molar-refractivity contribution in [1.29, 1.82) is 0 Å². The number of halogens is 2. The Balaban J connectivity index is 0.00000320. The van der Waals surface area contributed by atoms with E-state index < -0.39 is 36.6 Å². The number of nitrogens with zero attached hydrogens (tertiary/aromatic N) is 5. The van der Waals surface area contributed by atoms with E-state index in [-0.39, 0.29) is 24.6 Å². The second-order valence-corrected chi connectivity index (χ2v) is 7.93. The van der Waals surface area contributed by atoms with Gasteiger partial charge in [-0.3, -0.25) is 14.3 Å². The van der Waals surface area contributed by atoms with Gasteiger partial charge >= 0.3 is 5.97 Å². The lowest BCUT2D eigenvalue weighted by Gasteiger charge is -2.26. The van der Waals surface area contributed by atoms with Gasteiger partial charge in [0.15, 0.2) is 17.7 Å². The Morgan fingerprint density at radius 1 is 1.30 bits per heavy atom. The molecule has 1 unspecified atom stereocenters. The zero-order chi connectivity index (χ0) is 21.1. The molecule has 168 valence electrons. The number of rotatable bonds is 9. The molecule has 5 atom stereocenters. The van der Waals surface area contributed by atoms with Crippen LogP contribution in [0.4, 0.5) is 5.82 Å². The number of ether oxygens (including phenoxy) is 1. The molecule has 1 aliphatic rings. The van der Waals surface area contributed by atoms with Crippen LogP contribution in [0.15, 0.2) is 12.7 Å². The molecule has 0 aliphatic carbocycles. The van der Waals surface area contributed by atoms with Crippen molar-refractivity contribution < 1.29 is 24.9 Å². The Morgan fingerprint density at radius 3 is 2.70 bits per heavy atom. The molecule has 1 saturated heterocycles. The average molecular weight is 558 g/mol. The Morgan fingerprint density at radius 2 is 2.03 bits per heavy atom. The predicted molar refractivity (Wildman–Crippen MR) is 118 cm³/mol. The van der Waals surface area contributed by atoms with E-state index in [0.29, 0.717) is 30.8 Å². The van der Waals surface area contributed by atoms with Crippen molar-refractivity contribution in [2.45, 2.75) is 37.0 Å². The Kier molecular flexibility index (Phi) is 8.96. The van der Waals surface area contributed by atoms with Gasteiger partial charge in [-0.1, -0.05) is 22.6 Å². The van der Waals surface area contributed by atoms with Crippen molar-refractivity contribution in [3.63, 3.8) is 0 Å². The second-order valence-electron chi connectivity index (χ2n) is 6.85. The highest BCUT2D eigenvalue weighted by molar-refractivity contribution is 14.1. The summed E-state index contributed by atoms with van der Waals surface area (Å²) in [7, 11) is 0. The van der Waals surface area contributed by atoms with Crippen LogP contribution in [-0.2, 0) is 9.53 Å². The van der Waals surface area contributed by atoms with Gasteiger partial charge in [0.05, 0.1) is 6.33 Å². The van der Waals surface area contributed by atoms with Gasteiger partial charge in [-0.05, 0) is 6.42 Å². The summed E-state index contributed by atoms with van der Waals surface area (Å²) in [5.74, 6) is -0.846. The molecule has 0 aromatic carbocycles. The highest BCUT2D eigenvalue weighted by Crippen LogP contribution is 2.32. The van der Waals surface area contributed by atoms with Gasteiger partial charge in [-0.2, -0.15) is 0 Å². The molecule has 0 saturated carbocycles. The third-order valence-electron chi connectivity index (χ3n) is 4.91. The molecule has 2 aromatic rings. The van der Waals surface area contributed by atoms with E-state index in [1.54, 1.807) is 0 Å².